The molecule has 4 nitrogen and oxygen atoms in total. The molecule has 14 heavy (non-hydrogen) atoms. The molecule has 0 saturated heterocycles. The van der Waals surface area contributed by atoms with E-state index >= 15 is 0 Å². The van der Waals surface area contributed by atoms with Crippen LogP contribution in [0.1, 0.15) is 0 Å². The van der Waals surface area contributed by atoms with Gasteiger partial charge in [-0.3, -0.25) is 4.57 Å². The van der Waals surface area contributed by atoms with Gasteiger partial charge in [0, 0.05) is 5.30 Å². The van der Waals surface area contributed by atoms with Crippen molar-refractivity contribution in [3.05, 3.63) is 30.3 Å². The van der Waals surface area contributed by atoms with Crippen molar-refractivity contribution >= 4 is 20.0 Å². The Hall–Kier alpha value is -0.400. The zero-order valence-electron chi connectivity index (χ0n) is 7.70. The van der Waals surface area contributed by atoms with Crippen LogP contribution in [0.5, 0.6) is 0 Å². The van der Waals surface area contributed by atoms with Crippen LogP contribution in [0.3, 0.4) is 0 Å². The standard InChI is InChI=1S/C8H12O4P2/c1-13(9,7-14(10,11)12)8-5-3-2-4-6-8/h2-6H,7H2,1H3,(H2,10,11,12). The van der Waals surface area contributed by atoms with Crippen molar-refractivity contribution in [2.45, 2.75) is 0 Å². The first-order valence-electron chi connectivity index (χ1n) is 3.98. The van der Waals surface area contributed by atoms with Gasteiger partial charge in [-0.05, 0) is 6.66 Å². The molecule has 1 aromatic rings. The Balaban J connectivity index is 2.98. The van der Waals surface area contributed by atoms with Gasteiger partial charge >= 0.3 is 7.60 Å². The van der Waals surface area contributed by atoms with E-state index in [2.05, 4.69) is 0 Å². The summed E-state index contributed by atoms with van der Waals surface area (Å²) in [5.41, 5.74) is 0. The van der Waals surface area contributed by atoms with Crippen LogP contribution in [0.2, 0.25) is 0 Å². The van der Waals surface area contributed by atoms with Crippen molar-refractivity contribution in [2.75, 3.05) is 12.6 Å². The molecule has 0 aliphatic carbocycles. The van der Waals surface area contributed by atoms with E-state index in [-0.39, 0.29) is 0 Å². The molecule has 0 amide bonds. The summed E-state index contributed by atoms with van der Waals surface area (Å²) in [7, 11) is -7.15. The van der Waals surface area contributed by atoms with Crippen molar-refractivity contribution in [1.82, 2.24) is 0 Å². The molecule has 1 atom stereocenters. The third-order valence-corrected chi connectivity index (χ3v) is 6.78. The molecule has 0 aliphatic heterocycles. The predicted octanol–water partition coefficient (Wildman–Crippen LogP) is 1.44. The third-order valence-electron chi connectivity index (χ3n) is 1.76. The summed E-state index contributed by atoms with van der Waals surface area (Å²) < 4.78 is 22.7. The molecule has 0 radical (unpaired) electrons. The van der Waals surface area contributed by atoms with E-state index in [1.165, 1.54) is 6.66 Å². The molecule has 0 aromatic heterocycles. The fraction of sp³-hybridized carbons (Fsp3) is 0.250. The molecule has 2 N–H and O–H groups in total. The SMILES string of the molecule is CP(=O)(CP(=O)(O)O)c1ccccc1. The van der Waals surface area contributed by atoms with Gasteiger partial charge in [0.05, 0.1) is 0 Å². The Kier molecular flexibility index (Phi) is 3.33. The van der Waals surface area contributed by atoms with Gasteiger partial charge in [-0.15, -0.1) is 0 Å². The van der Waals surface area contributed by atoms with E-state index in [1.807, 2.05) is 0 Å². The summed E-state index contributed by atoms with van der Waals surface area (Å²) >= 11 is 0. The van der Waals surface area contributed by atoms with Crippen LogP contribution in [-0.4, -0.2) is 22.4 Å². The maximum absolute atomic E-state index is 11.9. The predicted molar refractivity (Wildman–Crippen MR) is 56.5 cm³/mol. The average Bonchev–Trinajstić information content (AvgIpc) is 2.01. The molecule has 0 saturated carbocycles. The summed E-state index contributed by atoms with van der Waals surface area (Å²) in [4.78, 5) is 17.5. The minimum absolute atomic E-state index is 0.503. The van der Waals surface area contributed by atoms with Crippen molar-refractivity contribution in [3.63, 3.8) is 0 Å². The first-order chi connectivity index (χ1) is 6.31. The Morgan fingerprint density at radius 1 is 1.14 bits per heavy atom. The monoisotopic (exact) mass is 234 g/mol. The Labute approximate surface area is 82.5 Å². The van der Waals surface area contributed by atoms with Crippen LogP contribution >= 0.6 is 14.7 Å². The molecule has 6 heteroatoms. The summed E-state index contributed by atoms with van der Waals surface area (Å²) in [6.07, 6.45) is 0. The molecule has 0 spiro atoms. The second kappa shape index (κ2) is 4.00. The average molecular weight is 234 g/mol. The van der Waals surface area contributed by atoms with Gasteiger partial charge < -0.3 is 14.4 Å². The van der Waals surface area contributed by atoms with Crippen LogP contribution in [0, 0.1) is 0 Å². The van der Waals surface area contributed by atoms with Gasteiger partial charge in [0.25, 0.3) is 0 Å². The first-order valence-corrected chi connectivity index (χ1v) is 8.12. The Bertz CT molecular complexity index is 395. The fourth-order valence-corrected chi connectivity index (χ4v) is 5.44. The summed E-state index contributed by atoms with van der Waals surface area (Å²) in [6.45, 7) is 1.39. The second-order valence-electron chi connectivity index (χ2n) is 3.24. The molecular formula is C8H12O4P2. The maximum atomic E-state index is 11.9. The lowest BCUT2D eigenvalue weighted by atomic mass is 10.4. The maximum Gasteiger partial charge on any atom is 0.333 e. The van der Waals surface area contributed by atoms with Gasteiger partial charge in [0.2, 0.25) is 0 Å². The lowest BCUT2D eigenvalue weighted by molar-refractivity contribution is 0.378. The van der Waals surface area contributed by atoms with E-state index in [0.717, 1.165) is 0 Å². The van der Waals surface area contributed by atoms with Crippen molar-refractivity contribution in [3.8, 4) is 0 Å². The van der Waals surface area contributed by atoms with Crippen LogP contribution in [0.4, 0.5) is 0 Å². The summed E-state index contributed by atoms with van der Waals surface area (Å²) in [5.74, 6) is -0.565. The zero-order valence-corrected chi connectivity index (χ0v) is 9.49. The van der Waals surface area contributed by atoms with E-state index in [9.17, 15) is 9.13 Å². The molecular weight excluding hydrogens is 222 g/mol. The van der Waals surface area contributed by atoms with Gasteiger partial charge in [0.1, 0.15) is 13.0 Å². The van der Waals surface area contributed by atoms with Gasteiger partial charge in [0.15, 0.2) is 0 Å². The molecule has 0 bridgehead atoms. The number of rotatable bonds is 3. The van der Waals surface area contributed by atoms with Crippen molar-refractivity contribution in [1.29, 1.82) is 0 Å². The Morgan fingerprint density at radius 3 is 2.07 bits per heavy atom. The lowest BCUT2D eigenvalue weighted by Crippen LogP contribution is -2.06. The highest BCUT2D eigenvalue weighted by Crippen LogP contribution is 2.53. The zero-order chi connectivity index (χ0) is 10.8. The second-order valence-corrected chi connectivity index (χ2v) is 8.42. The molecule has 0 aliphatic rings. The summed E-state index contributed by atoms with van der Waals surface area (Å²) in [5, 5.41) is 0.503. The highest BCUT2D eigenvalue weighted by molar-refractivity contribution is 7.80. The smallest absolute Gasteiger partial charge is 0.324 e. The van der Waals surface area contributed by atoms with E-state index in [0.29, 0.717) is 5.30 Å². The molecule has 0 fully saturated rings. The number of hydrogen-bond donors (Lipinski definition) is 2. The molecule has 0 heterocycles. The van der Waals surface area contributed by atoms with Crippen molar-refractivity contribution in [2.24, 2.45) is 0 Å². The third kappa shape index (κ3) is 3.39. The van der Waals surface area contributed by atoms with Crippen LogP contribution in [0.15, 0.2) is 30.3 Å². The quantitative estimate of drug-likeness (QED) is 0.776. The Morgan fingerprint density at radius 2 is 1.64 bits per heavy atom. The molecule has 78 valence electrons. The fourth-order valence-electron chi connectivity index (χ4n) is 1.18. The van der Waals surface area contributed by atoms with Gasteiger partial charge in [-0.2, -0.15) is 0 Å². The van der Waals surface area contributed by atoms with Crippen LogP contribution in [0.25, 0.3) is 0 Å². The molecule has 1 aromatic carbocycles. The lowest BCUT2D eigenvalue weighted by Gasteiger charge is -2.13. The van der Waals surface area contributed by atoms with Gasteiger partial charge in [-0.25, -0.2) is 0 Å². The first kappa shape index (κ1) is 11.7. The largest absolute Gasteiger partial charge is 0.333 e. The van der Waals surface area contributed by atoms with E-state index in [1.54, 1.807) is 30.3 Å². The number of hydrogen-bond acceptors (Lipinski definition) is 2. The van der Waals surface area contributed by atoms with E-state index < -0.39 is 20.6 Å². The highest BCUT2D eigenvalue weighted by Gasteiger charge is 2.28. The minimum atomic E-state index is -4.22. The van der Waals surface area contributed by atoms with Crippen LogP contribution < -0.4 is 5.30 Å². The van der Waals surface area contributed by atoms with Crippen molar-refractivity contribution < 1.29 is 18.9 Å². The molecule has 1 unspecified atom stereocenters. The minimum Gasteiger partial charge on any atom is -0.324 e. The van der Waals surface area contributed by atoms with E-state index in [4.69, 9.17) is 9.79 Å². The normalized spacial score (nSPS) is 16.2. The van der Waals surface area contributed by atoms with Crippen LogP contribution in [-0.2, 0) is 9.13 Å². The number of benzene rings is 1. The molecule has 1 rings (SSSR count). The highest BCUT2D eigenvalue weighted by atomic mass is 31.2. The topological polar surface area (TPSA) is 74.6 Å². The summed E-state index contributed by atoms with van der Waals surface area (Å²) in [6, 6.07) is 8.41. The van der Waals surface area contributed by atoms with Gasteiger partial charge in [-0.1, -0.05) is 30.3 Å².